The summed E-state index contributed by atoms with van der Waals surface area (Å²) in [4.78, 5) is 61.8. The summed E-state index contributed by atoms with van der Waals surface area (Å²) < 4.78 is 12.0. The Bertz CT molecular complexity index is 1260. The summed E-state index contributed by atoms with van der Waals surface area (Å²) in [7, 11) is 10.3. The minimum Gasteiger partial charge on any atom is -0.399 e. The third-order valence-corrected chi connectivity index (χ3v) is 10.8. The second kappa shape index (κ2) is 20.0. The first kappa shape index (κ1) is 42.9. The van der Waals surface area contributed by atoms with Crippen molar-refractivity contribution < 1.29 is 28.7 Å². The molecular weight excluding hydrogens is 636 g/mol. The first-order valence-electron chi connectivity index (χ1n) is 18.2. The number of nitrogens with one attached hydrogen (secondary N) is 1. The summed E-state index contributed by atoms with van der Waals surface area (Å²) in [6.45, 7) is 12.7. The molecule has 1 aliphatic rings. The van der Waals surface area contributed by atoms with Crippen LogP contribution in [-0.4, -0.2) is 135 Å². The van der Waals surface area contributed by atoms with Gasteiger partial charge in [0.25, 0.3) is 0 Å². The number of nitrogens with two attached hydrogens (primary N) is 1. The van der Waals surface area contributed by atoms with E-state index >= 15 is 0 Å². The molecule has 1 aromatic carbocycles. The second-order valence-corrected chi connectivity index (χ2v) is 14.7. The van der Waals surface area contributed by atoms with Crippen LogP contribution in [0.5, 0.6) is 0 Å². The van der Waals surface area contributed by atoms with Gasteiger partial charge in [-0.3, -0.25) is 24.1 Å². The third kappa shape index (κ3) is 10.9. The molecule has 12 nitrogen and oxygen atoms in total. The molecule has 0 aliphatic carbocycles. The van der Waals surface area contributed by atoms with Crippen molar-refractivity contribution in [3.63, 3.8) is 0 Å². The Labute approximate surface area is 301 Å². The Kier molecular flexibility index (Phi) is 17.2. The topological polar surface area (TPSA) is 138 Å². The van der Waals surface area contributed by atoms with Crippen molar-refractivity contribution in [3.05, 3.63) is 29.8 Å². The van der Waals surface area contributed by atoms with Crippen LogP contribution in [0.4, 0.5) is 5.69 Å². The number of likely N-dealkylation sites (N-methyl/N-ethyl adjacent to an activating group) is 3. The minimum atomic E-state index is -0.734. The number of carbonyl (C=O) groups is 4. The molecule has 4 amide bonds. The lowest BCUT2D eigenvalue weighted by molar-refractivity contribution is -0.149. The van der Waals surface area contributed by atoms with Crippen LogP contribution in [0.1, 0.15) is 72.8 Å². The van der Waals surface area contributed by atoms with Crippen molar-refractivity contribution in [3.8, 4) is 0 Å². The van der Waals surface area contributed by atoms with Crippen molar-refractivity contribution in [2.45, 2.75) is 110 Å². The number of rotatable bonds is 19. The average molecular weight is 703 g/mol. The number of amides is 4. The number of methoxy groups -OCH3 is 2. The Morgan fingerprint density at radius 2 is 1.62 bits per heavy atom. The number of benzene rings is 1. The van der Waals surface area contributed by atoms with E-state index in [1.165, 1.54) is 0 Å². The molecule has 0 unspecified atom stereocenters. The molecule has 1 heterocycles. The van der Waals surface area contributed by atoms with E-state index in [0.29, 0.717) is 25.2 Å². The van der Waals surface area contributed by atoms with Crippen LogP contribution in [0.25, 0.3) is 0 Å². The Balaban J connectivity index is 2.23. The number of nitrogens with zero attached hydrogens (tertiary/aromatic N) is 4. The van der Waals surface area contributed by atoms with Crippen LogP contribution in [-0.2, 0) is 35.1 Å². The Hall–Kier alpha value is -3.22. The molecule has 0 spiro atoms. The van der Waals surface area contributed by atoms with Gasteiger partial charge in [0.1, 0.15) is 6.04 Å². The fourth-order valence-electron chi connectivity index (χ4n) is 7.05. The van der Waals surface area contributed by atoms with Crippen LogP contribution in [0.15, 0.2) is 24.3 Å². The van der Waals surface area contributed by atoms with E-state index in [9.17, 15) is 19.2 Å². The van der Waals surface area contributed by atoms with Crippen molar-refractivity contribution in [2.24, 2.45) is 17.8 Å². The maximum Gasteiger partial charge on any atom is 0.245 e. The average Bonchev–Trinajstić information content (AvgIpc) is 3.58. The molecule has 12 heteroatoms. The van der Waals surface area contributed by atoms with Gasteiger partial charge in [-0.05, 0) is 63.7 Å². The summed E-state index contributed by atoms with van der Waals surface area (Å²) in [5.74, 6) is -1.22. The van der Waals surface area contributed by atoms with E-state index in [1.807, 2.05) is 64.0 Å². The second-order valence-electron chi connectivity index (χ2n) is 14.7. The predicted molar refractivity (Wildman–Crippen MR) is 198 cm³/mol. The van der Waals surface area contributed by atoms with Crippen molar-refractivity contribution in [1.29, 1.82) is 0 Å². The molecule has 3 N–H and O–H groups in total. The molecule has 0 radical (unpaired) electrons. The van der Waals surface area contributed by atoms with Crippen LogP contribution in [0.3, 0.4) is 0 Å². The van der Waals surface area contributed by atoms with Crippen LogP contribution in [0, 0.1) is 17.8 Å². The summed E-state index contributed by atoms with van der Waals surface area (Å²) in [5, 5.41) is 2.97. The van der Waals surface area contributed by atoms with Gasteiger partial charge in [-0.1, -0.05) is 59.2 Å². The molecule has 8 atom stereocenters. The first-order valence-corrected chi connectivity index (χ1v) is 18.2. The number of ether oxygens (including phenoxy) is 2. The molecule has 2 rings (SSSR count). The number of anilines is 1. The zero-order valence-electron chi connectivity index (χ0n) is 32.8. The van der Waals surface area contributed by atoms with Gasteiger partial charge >= 0.3 is 0 Å². The van der Waals surface area contributed by atoms with Gasteiger partial charge in [0.2, 0.25) is 23.6 Å². The largest absolute Gasteiger partial charge is 0.399 e. The fraction of sp³-hybridized carbons (Fsp3) is 0.737. The van der Waals surface area contributed by atoms with Gasteiger partial charge in [0, 0.05) is 47.1 Å². The normalized spacial score (nSPS) is 19.0. The van der Waals surface area contributed by atoms with Crippen molar-refractivity contribution in [1.82, 2.24) is 24.9 Å². The highest BCUT2D eigenvalue weighted by Crippen LogP contribution is 2.30. The molecule has 284 valence electrons. The molecule has 1 aliphatic heterocycles. The van der Waals surface area contributed by atoms with E-state index in [1.54, 1.807) is 49.9 Å². The minimum absolute atomic E-state index is 0.00595. The van der Waals surface area contributed by atoms with Gasteiger partial charge < -0.3 is 35.2 Å². The van der Waals surface area contributed by atoms with Gasteiger partial charge in [-0.25, -0.2) is 0 Å². The highest BCUT2D eigenvalue weighted by Gasteiger charge is 2.43. The van der Waals surface area contributed by atoms with E-state index in [2.05, 4.69) is 19.2 Å². The fourth-order valence-corrected chi connectivity index (χ4v) is 7.05. The van der Waals surface area contributed by atoms with Gasteiger partial charge in [-0.15, -0.1) is 0 Å². The molecular formula is C38H66N6O6. The monoisotopic (exact) mass is 703 g/mol. The number of hydrogen-bond donors (Lipinski definition) is 2. The lowest BCUT2D eigenvalue weighted by atomic mass is 9.89. The molecule has 1 saturated heterocycles. The highest BCUT2D eigenvalue weighted by atomic mass is 16.5. The standard InChI is InChI=1S/C38H66N6O6/c1-13-25(4)34(43(10)38(48)33(24(2)3)40-36(46)27(6)41(7)8)31(49-11)23-32(45)44-21-16-19-30(44)35(50-12)26(5)37(47)42(9)22-20-28-17-14-15-18-29(28)39/h14-15,17-18,24-27,30-31,33-35H,13,16,19-23,39H2,1-12H3,(H,40,46)/t25-,26+,27+,30-,31+,33-,34-,35+/m0/s1. The van der Waals surface area contributed by atoms with Crippen LogP contribution >= 0.6 is 0 Å². The molecule has 1 aromatic rings. The lowest BCUT2D eigenvalue weighted by Gasteiger charge is -2.41. The molecule has 1 fully saturated rings. The SMILES string of the molecule is CC[C@H](C)[C@@H]([C@@H](CC(=O)N1CCC[C@H]1[C@H](OC)[C@@H](C)C(=O)N(C)CCc1ccccc1N)OC)N(C)C(=O)[C@@H](NC(=O)[C@@H](C)N(C)C)C(C)C. The van der Waals surface area contributed by atoms with Gasteiger partial charge in [0.15, 0.2) is 0 Å². The zero-order valence-corrected chi connectivity index (χ0v) is 32.8. The van der Waals surface area contributed by atoms with E-state index in [-0.39, 0.29) is 47.9 Å². The summed E-state index contributed by atoms with van der Waals surface area (Å²) in [6.07, 6.45) is 1.90. The first-order chi connectivity index (χ1) is 23.5. The van der Waals surface area contributed by atoms with Crippen LogP contribution in [0.2, 0.25) is 0 Å². The summed E-state index contributed by atoms with van der Waals surface area (Å²) >= 11 is 0. The molecule has 0 bridgehead atoms. The predicted octanol–water partition coefficient (Wildman–Crippen LogP) is 3.28. The van der Waals surface area contributed by atoms with Crippen molar-refractivity contribution >= 4 is 29.3 Å². The Morgan fingerprint density at radius 1 is 0.980 bits per heavy atom. The maximum atomic E-state index is 14.1. The smallest absolute Gasteiger partial charge is 0.245 e. The quantitative estimate of drug-likeness (QED) is 0.210. The van der Waals surface area contributed by atoms with E-state index < -0.39 is 36.3 Å². The van der Waals surface area contributed by atoms with Crippen LogP contribution < -0.4 is 11.1 Å². The summed E-state index contributed by atoms with van der Waals surface area (Å²) in [5.41, 5.74) is 7.81. The Morgan fingerprint density at radius 3 is 2.16 bits per heavy atom. The van der Waals surface area contributed by atoms with Gasteiger partial charge in [-0.2, -0.15) is 0 Å². The lowest BCUT2D eigenvalue weighted by Crippen LogP contribution is -2.59. The highest BCUT2D eigenvalue weighted by molar-refractivity contribution is 5.90. The number of nitrogen functional groups attached to an aromatic ring is 1. The van der Waals surface area contributed by atoms with E-state index in [4.69, 9.17) is 15.2 Å². The summed E-state index contributed by atoms with van der Waals surface area (Å²) in [6, 6.07) is 5.83. The number of hydrogen-bond acceptors (Lipinski definition) is 8. The maximum absolute atomic E-state index is 14.1. The number of para-hydroxylation sites is 1. The molecule has 0 aromatic heterocycles. The third-order valence-electron chi connectivity index (χ3n) is 10.8. The zero-order chi connectivity index (χ0) is 37.9. The molecule has 0 saturated carbocycles. The number of carbonyl (C=O) groups excluding carboxylic acids is 4. The molecule has 50 heavy (non-hydrogen) atoms. The number of likely N-dealkylation sites (tertiary alicyclic amines) is 1. The van der Waals surface area contributed by atoms with Crippen molar-refractivity contribution in [2.75, 3.05) is 61.2 Å². The van der Waals surface area contributed by atoms with Gasteiger partial charge in [0.05, 0.1) is 42.7 Å². The van der Waals surface area contributed by atoms with E-state index in [0.717, 1.165) is 24.8 Å².